The molecule has 0 aliphatic rings. The monoisotopic (exact) mass is 286 g/mol. The molecule has 0 saturated carbocycles. The third-order valence-corrected chi connectivity index (χ3v) is 3.09. The van der Waals surface area contributed by atoms with E-state index in [4.69, 9.17) is 9.84 Å². The summed E-state index contributed by atoms with van der Waals surface area (Å²) < 4.78 is 5.76. The molecule has 0 bridgehead atoms. The van der Waals surface area contributed by atoms with Gasteiger partial charge in [-0.05, 0) is 26.0 Å². The summed E-state index contributed by atoms with van der Waals surface area (Å²) in [4.78, 5) is 19.9. The van der Waals surface area contributed by atoms with E-state index in [-0.39, 0.29) is 11.5 Å². The first-order valence-corrected chi connectivity index (χ1v) is 6.75. The second-order valence-corrected chi connectivity index (χ2v) is 5.20. The van der Waals surface area contributed by atoms with Crippen molar-refractivity contribution in [1.29, 1.82) is 0 Å². The number of hydrogen-bond acceptors (Lipinski definition) is 4. The van der Waals surface area contributed by atoms with Gasteiger partial charge in [0.1, 0.15) is 11.6 Å². The van der Waals surface area contributed by atoms with Crippen molar-refractivity contribution in [3.05, 3.63) is 46.9 Å². The van der Waals surface area contributed by atoms with Gasteiger partial charge in [0.2, 0.25) is 5.88 Å². The van der Waals surface area contributed by atoms with Crippen molar-refractivity contribution in [2.75, 3.05) is 0 Å². The Morgan fingerprint density at radius 1 is 1.24 bits per heavy atom. The lowest BCUT2D eigenvalue weighted by Crippen LogP contribution is -2.03. The summed E-state index contributed by atoms with van der Waals surface area (Å²) in [5.41, 5.74) is 1.62. The molecule has 0 aliphatic heterocycles. The second kappa shape index (κ2) is 5.91. The van der Waals surface area contributed by atoms with Gasteiger partial charge >= 0.3 is 5.97 Å². The van der Waals surface area contributed by atoms with Crippen molar-refractivity contribution < 1.29 is 14.6 Å². The van der Waals surface area contributed by atoms with Crippen LogP contribution in [0.15, 0.2) is 24.3 Å². The zero-order valence-corrected chi connectivity index (χ0v) is 12.5. The quantitative estimate of drug-likeness (QED) is 0.927. The van der Waals surface area contributed by atoms with E-state index in [1.54, 1.807) is 31.2 Å². The molecule has 2 rings (SSSR count). The Morgan fingerprint density at radius 2 is 1.95 bits per heavy atom. The maximum absolute atomic E-state index is 11.1. The van der Waals surface area contributed by atoms with Crippen molar-refractivity contribution >= 4 is 5.97 Å². The molecule has 1 heterocycles. The van der Waals surface area contributed by atoms with E-state index in [0.29, 0.717) is 23.0 Å². The van der Waals surface area contributed by atoms with Crippen molar-refractivity contribution in [1.82, 2.24) is 9.97 Å². The Morgan fingerprint density at radius 3 is 2.57 bits per heavy atom. The average Bonchev–Trinajstić information content (AvgIpc) is 2.40. The van der Waals surface area contributed by atoms with Crippen molar-refractivity contribution in [3.8, 4) is 11.6 Å². The third kappa shape index (κ3) is 3.37. The predicted molar refractivity (Wildman–Crippen MR) is 79.1 cm³/mol. The van der Waals surface area contributed by atoms with Crippen LogP contribution in [-0.2, 0) is 0 Å². The van der Waals surface area contributed by atoms with Crippen LogP contribution in [0.4, 0.5) is 0 Å². The molecule has 0 radical (unpaired) electrons. The van der Waals surface area contributed by atoms with E-state index in [1.807, 2.05) is 20.8 Å². The molecule has 0 aliphatic carbocycles. The molecule has 1 aromatic carbocycles. The molecular formula is C16H18N2O3. The van der Waals surface area contributed by atoms with Crippen LogP contribution in [-0.4, -0.2) is 21.0 Å². The number of benzene rings is 1. The number of carbonyl (C=O) groups is 1. The summed E-state index contributed by atoms with van der Waals surface area (Å²) >= 11 is 0. The van der Waals surface area contributed by atoms with E-state index in [9.17, 15) is 4.79 Å². The summed E-state index contributed by atoms with van der Waals surface area (Å²) in [6, 6.07) is 6.67. The number of carboxylic acids is 1. The molecule has 0 amide bonds. The van der Waals surface area contributed by atoms with Gasteiger partial charge in [0.25, 0.3) is 0 Å². The van der Waals surface area contributed by atoms with Gasteiger partial charge in [-0.2, -0.15) is 4.98 Å². The fourth-order valence-corrected chi connectivity index (χ4v) is 1.94. The molecular weight excluding hydrogens is 268 g/mol. The number of hydrogen-bond donors (Lipinski definition) is 1. The topological polar surface area (TPSA) is 72.3 Å². The summed E-state index contributed by atoms with van der Waals surface area (Å²) in [5.74, 6) is 0.843. The lowest BCUT2D eigenvalue weighted by Gasteiger charge is -2.12. The Labute approximate surface area is 123 Å². The summed E-state index contributed by atoms with van der Waals surface area (Å²) in [6.07, 6.45) is 0. The molecule has 0 fully saturated rings. The lowest BCUT2D eigenvalue weighted by molar-refractivity contribution is 0.0695. The fraction of sp³-hybridized carbons (Fsp3) is 0.312. The largest absolute Gasteiger partial charge is 0.478 e. The van der Waals surface area contributed by atoms with Crippen molar-refractivity contribution in [3.63, 3.8) is 0 Å². The summed E-state index contributed by atoms with van der Waals surface area (Å²) in [6.45, 7) is 7.61. The number of ether oxygens (including phenoxy) is 1. The Balaban J connectivity index is 2.39. The molecule has 0 spiro atoms. The zero-order valence-electron chi connectivity index (χ0n) is 12.5. The SMILES string of the molecule is Cc1cc(Oc2cccc(C(=O)O)c2C)nc(C(C)C)n1. The van der Waals surface area contributed by atoms with E-state index < -0.39 is 5.97 Å². The Kier molecular flexibility index (Phi) is 4.21. The van der Waals surface area contributed by atoms with Gasteiger partial charge in [0.05, 0.1) is 5.56 Å². The van der Waals surface area contributed by atoms with Gasteiger partial charge in [-0.1, -0.05) is 19.9 Å². The molecule has 0 unspecified atom stereocenters. The van der Waals surface area contributed by atoms with Crippen LogP contribution >= 0.6 is 0 Å². The molecule has 5 nitrogen and oxygen atoms in total. The number of aromatic nitrogens is 2. The van der Waals surface area contributed by atoms with Crippen LogP contribution in [0.25, 0.3) is 0 Å². The van der Waals surface area contributed by atoms with Crippen LogP contribution in [0.5, 0.6) is 11.6 Å². The molecule has 1 N–H and O–H groups in total. The fourth-order valence-electron chi connectivity index (χ4n) is 1.94. The number of aromatic carboxylic acids is 1. The molecule has 5 heteroatoms. The van der Waals surface area contributed by atoms with Gasteiger partial charge in [0, 0.05) is 23.2 Å². The van der Waals surface area contributed by atoms with Crippen LogP contribution in [0.2, 0.25) is 0 Å². The third-order valence-electron chi connectivity index (χ3n) is 3.09. The Hall–Kier alpha value is -2.43. The highest BCUT2D eigenvalue weighted by Gasteiger charge is 2.13. The first-order chi connectivity index (χ1) is 9.88. The number of nitrogens with zero attached hydrogens (tertiary/aromatic N) is 2. The van der Waals surface area contributed by atoms with E-state index in [0.717, 1.165) is 5.69 Å². The minimum Gasteiger partial charge on any atom is -0.478 e. The van der Waals surface area contributed by atoms with Crippen molar-refractivity contribution in [2.45, 2.75) is 33.6 Å². The normalized spacial score (nSPS) is 10.7. The minimum absolute atomic E-state index is 0.193. The predicted octanol–water partition coefficient (Wildman–Crippen LogP) is 3.71. The Bertz CT molecular complexity index is 681. The van der Waals surface area contributed by atoms with E-state index in [2.05, 4.69) is 9.97 Å². The van der Waals surface area contributed by atoms with E-state index in [1.165, 1.54) is 0 Å². The average molecular weight is 286 g/mol. The van der Waals surface area contributed by atoms with Gasteiger partial charge in [-0.15, -0.1) is 0 Å². The number of rotatable bonds is 4. The van der Waals surface area contributed by atoms with Crippen LogP contribution in [0.1, 0.15) is 47.2 Å². The van der Waals surface area contributed by atoms with Crippen LogP contribution in [0.3, 0.4) is 0 Å². The van der Waals surface area contributed by atoms with Gasteiger partial charge in [-0.3, -0.25) is 0 Å². The first kappa shape index (κ1) is 15.0. The number of carboxylic acid groups (broad SMARTS) is 1. The van der Waals surface area contributed by atoms with E-state index >= 15 is 0 Å². The molecule has 0 atom stereocenters. The van der Waals surface area contributed by atoms with Gasteiger partial charge in [0.15, 0.2) is 0 Å². The summed E-state index contributed by atoms with van der Waals surface area (Å²) in [7, 11) is 0. The highest BCUT2D eigenvalue weighted by atomic mass is 16.5. The van der Waals surface area contributed by atoms with Crippen molar-refractivity contribution in [2.24, 2.45) is 0 Å². The lowest BCUT2D eigenvalue weighted by atomic mass is 10.1. The smallest absolute Gasteiger partial charge is 0.336 e. The molecule has 21 heavy (non-hydrogen) atoms. The molecule has 2 aromatic rings. The highest BCUT2D eigenvalue weighted by molar-refractivity contribution is 5.90. The summed E-state index contributed by atoms with van der Waals surface area (Å²) in [5, 5.41) is 9.14. The first-order valence-electron chi connectivity index (χ1n) is 6.75. The standard InChI is InChI=1S/C16H18N2O3/c1-9(2)15-17-10(3)8-14(18-15)21-13-7-5-6-12(11(13)4)16(19)20/h5-9H,1-4H3,(H,19,20). The molecule has 0 saturated heterocycles. The van der Waals surface area contributed by atoms with Gasteiger partial charge < -0.3 is 9.84 Å². The maximum atomic E-state index is 11.1. The second-order valence-electron chi connectivity index (χ2n) is 5.20. The highest BCUT2D eigenvalue weighted by Crippen LogP contribution is 2.27. The maximum Gasteiger partial charge on any atom is 0.336 e. The zero-order chi connectivity index (χ0) is 15.6. The minimum atomic E-state index is -0.973. The van der Waals surface area contributed by atoms with Crippen LogP contribution < -0.4 is 4.74 Å². The number of aryl methyl sites for hydroxylation is 1. The molecule has 110 valence electrons. The van der Waals surface area contributed by atoms with Gasteiger partial charge in [-0.25, -0.2) is 9.78 Å². The van der Waals surface area contributed by atoms with Crippen LogP contribution in [0, 0.1) is 13.8 Å². The molecule has 1 aromatic heterocycles.